The van der Waals surface area contributed by atoms with E-state index in [1.54, 1.807) is 12.4 Å². The van der Waals surface area contributed by atoms with Gasteiger partial charge in [-0.1, -0.05) is 0 Å². The second kappa shape index (κ2) is 7.26. The lowest BCUT2D eigenvalue weighted by Gasteiger charge is -2.22. The van der Waals surface area contributed by atoms with Gasteiger partial charge in [0.1, 0.15) is 23.0 Å². The molecule has 0 radical (unpaired) electrons. The van der Waals surface area contributed by atoms with Crippen molar-refractivity contribution in [2.75, 3.05) is 5.32 Å². The molecule has 4 aromatic heterocycles. The number of rotatable bonds is 2. The molecule has 0 saturated carbocycles. The van der Waals surface area contributed by atoms with Crippen LogP contribution in [0.5, 0.6) is 0 Å². The molecule has 5 nitrogen and oxygen atoms in total. The van der Waals surface area contributed by atoms with Crippen LogP contribution in [0.2, 0.25) is 0 Å². The lowest BCUT2D eigenvalue weighted by atomic mass is 10.1. The molecule has 0 aliphatic heterocycles. The van der Waals surface area contributed by atoms with Crippen LogP contribution >= 0.6 is 11.3 Å². The van der Waals surface area contributed by atoms with Crippen LogP contribution in [0.1, 0.15) is 31.3 Å². The third-order valence-corrected chi connectivity index (χ3v) is 4.88. The number of hydrogen-bond donors (Lipinski definition) is 1. The van der Waals surface area contributed by atoms with Crippen LogP contribution in [0.25, 0.3) is 16.2 Å². The van der Waals surface area contributed by atoms with E-state index in [1.807, 2.05) is 22.7 Å². The molecule has 0 spiro atoms. The van der Waals surface area contributed by atoms with Gasteiger partial charge in [0.2, 0.25) is 0 Å². The van der Waals surface area contributed by atoms with Gasteiger partial charge in [-0.25, -0.2) is 18.7 Å². The van der Waals surface area contributed by atoms with Crippen molar-refractivity contribution in [3.8, 4) is 22.4 Å². The van der Waals surface area contributed by atoms with E-state index in [4.69, 9.17) is 4.98 Å². The Balaban J connectivity index is 1.72. The van der Waals surface area contributed by atoms with Crippen molar-refractivity contribution < 1.29 is 8.78 Å². The molecule has 146 valence electrons. The fourth-order valence-corrected chi connectivity index (χ4v) is 3.56. The summed E-state index contributed by atoms with van der Waals surface area (Å²) in [7, 11) is 0. The monoisotopic (exact) mass is 409 g/mol. The Morgan fingerprint density at radius 2 is 1.97 bits per heavy atom. The van der Waals surface area contributed by atoms with Crippen molar-refractivity contribution in [1.29, 1.82) is 0 Å². The van der Waals surface area contributed by atoms with Gasteiger partial charge in [-0.05, 0) is 44.7 Å². The van der Waals surface area contributed by atoms with Crippen molar-refractivity contribution in [3.05, 3.63) is 65.2 Å². The van der Waals surface area contributed by atoms with Gasteiger partial charge in [0.15, 0.2) is 11.5 Å². The van der Waals surface area contributed by atoms with Crippen LogP contribution in [0.4, 0.5) is 14.6 Å². The molecule has 0 aliphatic rings. The van der Waals surface area contributed by atoms with E-state index in [9.17, 15) is 8.78 Å². The first-order chi connectivity index (χ1) is 13.8. The summed E-state index contributed by atoms with van der Waals surface area (Å²) in [6, 6.07) is 4.54. The third-order valence-electron chi connectivity index (χ3n) is 3.87. The van der Waals surface area contributed by atoms with Crippen molar-refractivity contribution >= 4 is 22.8 Å². The standard InChI is InChI=1S/C21H17F2N5S/c1-21(2,3)27-20-19(26-18-12-24-8-9-28(18)20)17-7-5-14(29-17)4-6-16-15(23)10-13(22)11-25-16/h5,7-12,27H,1-3H3. The maximum atomic E-state index is 13.7. The van der Waals surface area contributed by atoms with Gasteiger partial charge in [0.05, 0.1) is 22.1 Å². The summed E-state index contributed by atoms with van der Waals surface area (Å²) in [6.07, 6.45) is 6.22. The summed E-state index contributed by atoms with van der Waals surface area (Å²) >= 11 is 1.44. The zero-order valence-corrected chi connectivity index (χ0v) is 16.8. The minimum atomic E-state index is -0.779. The fourth-order valence-electron chi connectivity index (χ4n) is 2.71. The maximum absolute atomic E-state index is 13.7. The summed E-state index contributed by atoms with van der Waals surface area (Å²) in [5.41, 5.74) is 1.26. The molecule has 0 fully saturated rings. The van der Waals surface area contributed by atoms with E-state index in [2.05, 4.69) is 47.9 Å². The smallest absolute Gasteiger partial charge is 0.160 e. The average Bonchev–Trinajstić information content (AvgIpc) is 3.25. The van der Waals surface area contributed by atoms with Gasteiger partial charge in [0.25, 0.3) is 0 Å². The number of anilines is 1. The summed E-state index contributed by atoms with van der Waals surface area (Å²) in [4.78, 5) is 14.2. The molecule has 0 amide bonds. The van der Waals surface area contributed by atoms with Crippen molar-refractivity contribution in [3.63, 3.8) is 0 Å². The molecular formula is C21H17F2N5S. The van der Waals surface area contributed by atoms with E-state index < -0.39 is 11.6 Å². The number of hydrogen-bond acceptors (Lipinski definition) is 5. The topological polar surface area (TPSA) is 55.1 Å². The second-order valence-electron chi connectivity index (χ2n) is 7.39. The zero-order valence-electron chi connectivity index (χ0n) is 16.0. The minimum absolute atomic E-state index is 0.0877. The van der Waals surface area contributed by atoms with Crippen LogP contribution < -0.4 is 5.32 Å². The number of pyridine rings is 1. The molecule has 0 aliphatic carbocycles. The molecule has 0 aromatic carbocycles. The molecule has 4 aromatic rings. The molecule has 0 unspecified atom stereocenters. The van der Waals surface area contributed by atoms with E-state index >= 15 is 0 Å². The second-order valence-corrected chi connectivity index (χ2v) is 8.47. The SMILES string of the molecule is CC(C)(C)Nc1c(-c2ccc(C#Cc3ncc(F)cc3F)s2)nc2cnccn12. The number of nitrogens with zero attached hydrogens (tertiary/aromatic N) is 4. The molecule has 29 heavy (non-hydrogen) atoms. The Morgan fingerprint density at radius 3 is 2.72 bits per heavy atom. The highest BCUT2D eigenvalue weighted by Gasteiger charge is 2.20. The summed E-state index contributed by atoms with van der Waals surface area (Å²) in [6.45, 7) is 6.23. The molecule has 1 N–H and O–H groups in total. The van der Waals surface area contributed by atoms with Crippen LogP contribution in [0.15, 0.2) is 43.0 Å². The van der Waals surface area contributed by atoms with Gasteiger partial charge in [0, 0.05) is 24.0 Å². The molecular weight excluding hydrogens is 392 g/mol. The Bertz CT molecular complexity index is 1260. The number of thiophene rings is 1. The van der Waals surface area contributed by atoms with Gasteiger partial charge in [-0.3, -0.25) is 9.38 Å². The number of fused-ring (bicyclic) bond motifs is 1. The maximum Gasteiger partial charge on any atom is 0.160 e. The number of imidazole rings is 1. The van der Waals surface area contributed by atoms with Crippen LogP contribution in [-0.2, 0) is 0 Å². The van der Waals surface area contributed by atoms with Crippen LogP contribution in [0, 0.1) is 23.5 Å². The minimum Gasteiger partial charge on any atom is -0.365 e. The van der Waals surface area contributed by atoms with E-state index in [0.29, 0.717) is 0 Å². The summed E-state index contributed by atoms with van der Waals surface area (Å²) < 4.78 is 28.7. The highest BCUT2D eigenvalue weighted by Crippen LogP contribution is 2.34. The highest BCUT2D eigenvalue weighted by atomic mass is 32.1. The molecule has 8 heteroatoms. The van der Waals surface area contributed by atoms with Gasteiger partial charge in [-0.2, -0.15) is 0 Å². The van der Waals surface area contributed by atoms with E-state index in [0.717, 1.165) is 39.2 Å². The lowest BCUT2D eigenvalue weighted by molar-refractivity contribution is 0.570. The molecule has 4 rings (SSSR count). The first kappa shape index (κ1) is 19.0. The molecule has 0 bridgehead atoms. The predicted molar refractivity (Wildman–Crippen MR) is 110 cm³/mol. The molecule has 4 heterocycles. The highest BCUT2D eigenvalue weighted by molar-refractivity contribution is 7.16. The zero-order chi connectivity index (χ0) is 20.6. The summed E-state index contributed by atoms with van der Waals surface area (Å²) in [5, 5.41) is 3.50. The van der Waals surface area contributed by atoms with Gasteiger partial charge < -0.3 is 5.32 Å². The normalized spacial score (nSPS) is 11.3. The quantitative estimate of drug-likeness (QED) is 0.486. The van der Waals surface area contributed by atoms with Crippen molar-refractivity contribution in [2.24, 2.45) is 0 Å². The van der Waals surface area contributed by atoms with Crippen molar-refractivity contribution in [2.45, 2.75) is 26.3 Å². The van der Waals surface area contributed by atoms with Crippen molar-refractivity contribution in [1.82, 2.24) is 19.4 Å². The predicted octanol–water partition coefficient (Wildman–Crippen LogP) is 4.74. The fraction of sp³-hybridized carbons (Fsp3) is 0.190. The largest absolute Gasteiger partial charge is 0.365 e. The van der Waals surface area contributed by atoms with Gasteiger partial charge in [-0.15, -0.1) is 11.3 Å². The number of nitrogens with one attached hydrogen (secondary N) is 1. The number of halogens is 2. The number of aromatic nitrogens is 4. The Morgan fingerprint density at radius 1 is 1.14 bits per heavy atom. The van der Waals surface area contributed by atoms with Crippen LogP contribution in [-0.4, -0.2) is 24.9 Å². The lowest BCUT2D eigenvalue weighted by Crippen LogP contribution is -2.27. The Labute approximate surface area is 170 Å². The Hall–Kier alpha value is -3.31. The van der Waals surface area contributed by atoms with E-state index in [-0.39, 0.29) is 11.2 Å². The first-order valence-electron chi connectivity index (χ1n) is 8.84. The third kappa shape index (κ3) is 4.10. The van der Waals surface area contributed by atoms with Crippen LogP contribution in [0.3, 0.4) is 0 Å². The summed E-state index contributed by atoms with van der Waals surface area (Å²) in [5.74, 6) is 4.90. The first-order valence-corrected chi connectivity index (χ1v) is 9.65. The molecule has 0 atom stereocenters. The van der Waals surface area contributed by atoms with Gasteiger partial charge >= 0.3 is 0 Å². The average molecular weight is 409 g/mol. The molecule has 0 saturated heterocycles. The van der Waals surface area contributed by atoms with E-state index in [1.165, 1.54) is 11.3 Å². The Kier molecular flexibility index (Phi) is 4.76.